The van der Waals surface area contributed by atoms with Crippen molar-refractivity contribution in [2.45, 2.75) is 0 Å². The van der Waals surface area contributed by atoms with Gasteiger partial charge in [0.2, 0.25) is 0 Å². The van der Waals surface area contributed by atoms with Crippen molar-refractivity contribution in [1.29, 1.82) is 0 Å². The van der Waals surface area contributed by atoms with Crippen LogP contribution in [0.25, 0.3) is 38.8 Å². The summed E-state index contributed by atoms with van der Waals surface area (Å²) in [6.07, 6.45) is 1.85. The third-order valence-electron chi connectivity index (χ3n) is 9.78. The number of hydrogen-bond donors (Lipinski definition) is 0. The normalized spacial score (nSPS) is 12.1. The molecule has 0 saturated heterocycles. The molecule has 0 radical (unpaired) electrons. The van der Waals surface area contributed by atoms with Crippen LogP contribution in [-0.4, -0.2) is 9.55 Å². The number of anilines is 4. The van der Waals surface area contributed by atoms with Gasteiger partial charge in [-0.25, -0.2) is 4.98 Å². The first-order valence-electron chi connectivity index (χ1n) is 17.6. The van der Waals surface area contributed by atoms with Gasteiger partial charge in [-0.1, -0.05) is 114 Å². The maximum atomic E-state index is 4.79. The summed E-state index contributed by atoms with van der Waals surface area (Å²) >= 11 is 1.73. The number of rotatable bonds is 7. The smallest absolute Gasteiger partial charge is 0.136 e. The van der Waals surface area contributed by atoms with E-state index in [2.05, 4.69) is 196 Å². The van der Waals surface area contributed by atoms with Gasteiger partial charge in [-0.2, -0.15) is 0 Å². The molecular weight excluding hydrogens is 860 g/mol. The third-order valence-corrected chi connectivity index (χ3v) is 10.7. The summed E-state index contributed by atoms with van der Waals surface area (Å²) in [5, 5.41) is 5.61. The van der Waals surface area contributed by atoms with E-state index in [0.717, 1.165) is 77.7 Å². The van der Waals surface area contributed by atoms with Crippen LogP contribution in [0.1, 0.15) is 22.3 Å². The van der Waals surface area contributed by atoms with Gasteiger partial charge in [-0.15, -0.1) is 77.2 Å². The average molecular weight is 891 g/mol. The monoisotopic (exact) mass is 890 g/mol. The molecule has 1 aliphatic heterocycles. The molecule has 0 N–H and O–H groups in total. The van der Waals surface area contributed by atoms with Gasteiger partial charge in [0.1, 0.15) is 5.82 Å². The zero-order chi connectivity index (χ0) is 35.1. The second-order valence-electron chi connectivity index (χ2n) is 12.9. The van der Waals surface area contributed by atoms with Crippen molar-refractivity contribution in [3.63, 3.8) is 0 Å². The summed E-state index contributed by atoms with van der Waals surface area (Å²) < 4.78 is 2.23. The zero-order valence-corrected chi connectivity index (χ0v) is 32.0. The van der Waals surface area contributed by atoms with E-state index in [9.17, 15) is 0 Å². The summed E-state index contributed by atoms with van der Waals surface area (Å²) in [4.78, 5) is 9.30. The first-order chi connectivity index (χ1) is 26.3. The second kappa shape index (κ2) is 14.4. The van der Waals surface area contributed by atoms with Crippen molar-refractivity contribution in [3.8, 4) is 5.82 Å². The Morgan fingerprint density at radius 3 is 1.98 bits per heavy atom. The summed E-state index contributed by atoms with van der Waals surface area (Å²) in [7, 11) is 0. The van der Waals surface area contributed by atoms with Crippen LogP contribution in [0.2, 0.25) is 0 Å². The van der Waals surface area contributed by atoms with Crippen LogP contribution in [0.4, 0.5) is 22.1 Å². The fourth-order valence-electron chi connectivity index (χ4n) is 7.44. The molecule has 0 bridgehead atoms. The molecule has 6 heteroatoms. The first-order valence-corrected chi connectivity index (χ1v) is 18.5. The van der Waals surface area contributed by atoms with Gasteiger partial charge in [0.05, 0.1) is 5.00 Å². The predicted molar refractivity (Wildman–Crippen MR) is 220 cm³/mol. The molecule has 54 heavy (non-hydrogen) atoms. The maximum absolute atomic E-state index is 4.79. The number of fused-ring (bicyclic) bond motifs is 4. The van der Waals surface area contributed by atoms with Crippen molar-refractivity contribution in [2.24, 2.45) is 0 Å². The molecule has 1 aliphatic rings. The van der Waals surface area contributed by atoms with Gasteiger partial charge < -0.3 is 14.4 Å². The molecule has 0 unspecified atom stereocenters. The summed E-state index contributed by atoms with van der Waals surface area (Å²) in [5.41, 5.74) is 11.7. The second-order valence-corrected chi connectivity index (χ2v) is 13.8. The van der Waals surface area contributed by atoms with Crippen LogP contribution < -0.4 is 9.80 Å². The number of hydrogen-bond acceptors (Lipinski definition) is 4. The number of aromatic nitrogens is 2. The number of thiophene rings is 1. The van der Waals surface area contributed by atoms with Crippen LogP contribution in [0.15, 0.2) is 181 Å². The molecule has 10 rings (SSSR count). The van der Waals surface area contributed by atoms with Gasteiger partial charge in [0.15, 0.2) is 0 Å². The Morgan fingerprint density at radius 2 is 1.24 bits per heavy atom. The molecule has 6 aromatic carbocycles. The minimum Gasteiger partial charge on any atom is -0.480 e. The molecule has 0 spiro atoms. The Hall–Kier alpha value is -6.00. The van der Waals surface area contributed by atoms with E-state index in [0.29, 0.717) is 0 Å². The average Bonchev–Trinajstić information content (AvgIpc) is 3.94. The molecule has 4 heterocycles. The SMILES string of the molecule is [Pt].[c-]1c(C(=C(c2ccccc2)c2ccccc2)c2[c-]c3c(cc2)c2ccccc2n3-c2ccccn2)cccc1N1[CH-]N(c2ccccc2)c2ccsc21. The van der Waals surface area contributed by atoms with Crippen molar-refractivity contribution in [1.82, 2.24) is 9.55 Å². The van der Waals surface area contributed by atoms with Gasteiger partial charge in [-0.05, 0) is 69.4 Å². The van der Waals surface area contributed by atoms with E-state index in [4.69, 9.17) is 4.98 Å². The molecule has 0 saturated carbocycles. The fraction of sp³-hybridized carbons (Fsp3) is 0. The Balaban J connectivity index is 0.00000384. The van der Waals surface area contributed by atoms with E-state index >= 15 is 0 Å². The minimum absolute atomic E-state index is 0. The number of nitrogens with zero attached hydrogens (tertiary/aromatic N) is 4. The molecule has 4 nitrogen and oxygen atoms in total. The molecule has 3 aromatic heterocycles. The van der Waals surface area contributed by atoms with E-state index in [1.54, 1.807) is 11.3 Å². The van der Waals surface area contributed by atoms with E-state index in [1.807, 2.05) is 18.3 Å². The van der Waals surface area contributed by atoms with E-state index in [1.165, 1.54) is 5.39 Å². The summed E-state index contributed by atoms with van der Waals surface area (Å²) in [6, 6.07) is 67.4. The third kappa shape index (κ3) is 5.87. The van der Waals surface area contributed by atoms with Crippen molar-refractivity contribution in [3.05, 3.63) is 222 Å². The minimum atomic E-state index is 0. The first kappa shape index (κ1) is 33.8. The fourth-order valence-corrected chi connectivity index (χ4v) is 8.31. The molecule has 262 valence electrons. The Kier molecular flexibility index (Phi) is 9.04. The molecule has 9 aromatic rings. The van der Waals surface area contributed by atoms with Crippen LogP contribution in [-0.2, 0) is 21.1 Å². The topological polar surface area (TPSA) is 24.3 Å². The molecule has 0 amide bonds. The Morgan fingerprint density at radius 1 is 0.556 bits per heavy atom. The number of benzene rings is 6. The van der Waals surface area contributed by atoms with Crippen LogP contribution in [0, 0.1) is 18.8 Å². The quantitative estimate of drug-likeness (QED) is 0.118. The van der Waals surface area contributed by atoms with Crippen LogP contribution in [0.5, 0.6) is 0 Å². The molecule has 0 aliphatic carbocycles. The molecule has 0 atom stereocenters. The van der Waals surface area contributed by atoms with Crippen LogP contribution >= 0.6 is 11.3 Å². The van der Waals surface area contributed by atoms with Gasteiger partial charge >= 0.3 is 0 Å². The standard InChI is InChI=1S/C48H31N4S.Pt/c1-4-15-34(16-5-1)46(35-17-6-2-7-18-35)47(37-26-27-41-40-23-10-11-24-42(40)52(44(41)32-37)45-25-12-13-29-49-45)36-19-14-22-39(31-36)51-33-50(38-20-8-3-9-21-38)43-28-30-53-48(43)51;/h1-30,33H;/q-3;. The number of para-hydroxylation sites is 2. The Labute approximate surface area is 333 Å². The van der Waals surface area contributed by atoms with Crippen LogP contribution in [0.3, 0.4) is 0 Å². The summed E-state index contributed by atoms with van der Waals surface area (Å²) in [5.74, 6) is 0.858. The van der Waals surface area contributed by atoms with Gasteiger partial charge in [-0.3, -0.25) is 0 Å². The maximum Gasteiger partial charge on any atom is 0.136 e. The molecular formula is C48H31N4PtS-3. The predicted octanol–water partition coefficient (Wildman–Crippen LogP) is 12.3. The van der Waals surface area contributed by atoms with Crippen molar-refractivity contribution < 1.29 is 21.1 Å². The molecule has 0 fully saturated rings. The van der Waals surface area contributed by atoms with Crippen molar-refractivity contribution in [2.75, 3.05) is 9.80 Å². The summed E-state index contributed by atoms with van der Waals surface area (Å²) in [6.45, 7) is 2.17. The van der Waals surface area contributed by atoms with E-state index < -0.39 is 0 Å². The number of pyridine rings is 1. The zero-order valence-electron chi connectivity index (χ0n) is 28.9. The largest absolute Gasteiger partial charge is 0.480 e. The van der Waals surface area contributed by atoms with Crippen molar-refractivity contribution >= 4 is 66.4 Å². The Bertz CT molecular complexity index is 2720. The van der Waals surface area contributed by atoms with E-state index in [-0.39, 0.29) is 21.1 Å². The van der Waals surface area contributed by atoms with Gasteiger partial charge in [0, 0.05) is 44.2 Å². The van der Waals surface area contributed by atoms with Gasteiger partial charge in [0.25, 0.3) is 0 Å².